The van der Waals surface area contributed by atoms with Gasteiger partial charge in [-0.05, 0) is 35.9 Å². The maximum Gasteiger partial charge on any atom is 0.248 e. The molecule has 0 radical (unpaired) electrons. The lowest BCUT2D eigenvalue weighted by molar-refractivity contribution is -0.111. The average Bonchev–Trinajstić information content (AvgIpc) is 2.41. The van der Waals surface area contributed by atoms with Crippen molar-refractivity contribution in [3.63, 3.8) is 0 Å². The van der Waals surface area contributed by atoms with Gasteiger partial charge in [0.05, 0.1) is 11.4 Å². The number of para-hydroxylation sites is 2. The Balaban J connectivity index is 2.02. The van der Waals surface area contributed by atoms with Gasteiger partial charge in [-0.25, -0.2) is 0 Å². The number of halogens is 1. The summed E-state index contributed by atoms with van der Waals surface area (Å²) in [7, 11) is 0. The highest BCUT2D eigenvalue weighted by atomic mass is 79.9. The lowest BCUT2D eigenvalue weighted by atomic mass is 10.2. The van der Waals surface area contributed by atoms with Gasteiger partial charge in [0.25, 0.3) is 0 Å². The molecule has 0 bridgehead atoms. The van der Waals surface area contributed by atoms with Crippen LogP contribution in [0.25, 0.3) is 6.08 Å². The van der Waals surface area contributed by atoms with Crippen molar-refractivity contribution in [3.8, 4) is 0 Å². The molecule has 19 heavy (non-hydrogen) atoms. The summed E-state index contributed by atoms with van der Waals surface area (Å²) < 4.78 is 1.01. The summed E-state index contributed by atoms with van der Waals surface area (Å²) in [5.41, 5.74) is 7.87. The zero-order valence-electron chi connectivity index (χ0n) is 10.1. The Labute approximate surface area is 120 Å². The SMILES string of the molecule is Nc1ccccc1NC(=O)C=Cc1ccc(Br)cc1. The monoisotopic (exact) mass is 316 g/mol. The first-order valence-electron chi connectivity index (χ1n) is 5.74. The summed E-state index contributed by atoms with van der Waals surface area (Å²) >= 11 is 3.36. The Morgan fingerprint density at radius 1 is 1.11 bits per heavy atom. The summed E-state index contributed by atoms with van der Waals surface area (Å²) in [4.78, 5) is 11.7. The third-order valence-electron chi connectivity index (χ3n) is 2.52. The van der Waals surface area contributed by atoms with E-state index >= 15 is 0 Å². The van der Waals surface area contributed by atoms with Gasteiger partial charge in [-0.2, -0.15) is 0 Å². The van der Waals surface area contributed by atoms with E-state index in [0.29, 0.717) is 11.4 Å². The number of nitrogen functional groups attached to an aromatic ring is 1. The van der Waals surface area contributed by atoms with Gasteiger partial charge in [-0.1, -0.05) is 40.2 Å². The fraction of sp³-hybridized carbons (Fsp3) is 0. The molecule has 3 N–H and O–H groups in total. The smallest absolute Gasteiger partial charge is 0.248 e. The molecule has 2 aromatic rings. The van der Waals surface area contributed by atoms with Crippen LogP contribution in [0.5, 0.6) is 0 Å². The van der Waals surface area contributed by atoms with Crippen molar-refractivity contribution >= 4 is 39.3 Å². The van der Waals surface area contributed by atoms with Crippen LogP contribution in [-0.2, 0) is 4.79 Å². The summed E-state index contributed by atoms with van der Waals surface area (Å²) in [6.07, 6.45) is 3.23. The van der Waals surface area contributed by atoms with E-state index in [1.807, 2.05) is 36.4 Å². The third kappa shape index (κ3) is 3.96. The number of carbonyl (C=O) groups is 1. The normalized spacial score (nSPS) is 10.6. The first-order chi connectivity index (χ1) is 9.15. The summed E-state index contributed by atoms with van der Waals surface area (Å²) in [6, 6.07) is 14.8. The van der Waals surface area contributed by atoms with Gasteiger partial charge in [-0.3, -0.25) is 4.79 Å². The molecule has 0 aliphatic heterocycles. The lowest BCUT2D eigenvalue weighted by Crippen LogP contribution is -2.09. The molecule has 0 aromatic heterocycles. The fourth-order valence-corrected chi connectivity index (χ4v) is 1.80. The number of amides is 1. The van der Waals surface area contributed by atoms with Crippen LogP contribution >= 0.6 is 15.9 Å². The molecule has 0 unspecified atom stereocenters. The number of benzene rings is 2. The van der Waals surface area contributed by atoms with Crippen LogP contribution in [0, 0.1) is 0 Å². The molecule has 0 aliphatic carbocycles. The van der Waals surface area contributed by atoms with Crippen molar-refractivity contribution in [1.29, 1.82) is 0 Å². The number of carbonyl (C=O) groups excluding carboxylic acids is 1. The first-order valence-corrected chi connectivity index (χ1v) is 6.53. The zero-order chi connectivity index (χ0) is 13.7. The van der Waals surface area contributed by atoms with Crippen molar-refractivity contribution in [2.24, 2.45) is 0 Å². The Morgan fingerprint density at radius 2 is 1.79 bits per heavy atom. The van der Waals surface area contributed by atoms with E-state index in [4.69, 9.17) is 5.73 Å². The van der Waals surface area contributed by atoms with E-state index in [2.05, 4.69) is 21.2 Å². The first kappa shape index (κ1) is 13.4. The number of nitrogens with one attached hydrogen (secondary N) is 1. The van der Waals surface area contributed by atoms with Crippen molar-refractivity contribution in [1.82, 2.24) is 0 Å². The quantitative estimate of drug-likeness (QED) is 0.670. The van der Waals surface area contributed by atoms with Gasteiger partial charge in [0.1, 0.15) is 0 Å². The molecule has 1 amide bonds. The average molecular weight is 317 g/mol. The molecule has 0 heterocycles. The minimum Gasteiger partial charge on any atom is -0.397 e. The second kappa shape index (κ2) is 6.20. The topological polar surface area (TPSA) is 55.1 Å². The van der Waals surface area contributed by atoms with Crippen molar-refractivity contribution < 1.29 is 4.79 Å². The minimum absolute atomic E-state index is 0.208. The highest BCUT2D eigenvalue weighted by Crippen LogP contribution is 2.16. The molecule has 0 spiro atoms. The lowest BCUT2D eigenvalue weighted by Gasteiger charge is -2.04. The number of nitrogens with two attached hydrogens (primary N) is 1. The maximum absolute atomic E-state index is 11.7. The molecule has 4 heteroatoms. The van der Waals surface area contributed by atoms with Crippen LogP contribution in [0.1, 0.15) is 5.56 Å². The van der Waals surface area contributed by atoms with E-state index in [1.54, 1.807) is 18.2 Å². The van der Waals surface area contributed by atoms with Crippen LogP contribution in [0.2, 0.25) is 0 Å². The molecule has 0 saturated heterocycles. The molecule has 0 saturated carbocycles. The van der Waals surface area contributed by atoms with Crippen LogP contribution in [0.3, 0.4) is 0 Å². The van der Waals surface area contributed by atoms with Crippen LogP contribution < -0.4 is 11.1 Å². The Kier molecular flexibility index (Phi) is 4.36. The molecule has 2 aromatic carbocycles. The minimum atomic E-state index is -0.208. The van der Waals surface area contributed by atoms with Gasteiger partial charge in [-0.15, -0.1) is 0 Å². The van der Waals surface area contributed by atoms with Crippen LogP contribution in [-0.4, -0.2) is 5.91 Å². The predicted octanol–water partition coefficient (Wildman–Crippen LogP) is 3.68. The van der Waals surface area contributed by atoms with Crippen molar-refractivity contribution in [2.45, 2.75) is 0 Å². The molecule has 0 aliphatic rings. The largest absolute Gasteiger partial charge is 0.397 e. The molecular formula is C15H13BrN2O. The molecule has 0 fully saturated rings. The number of rotatable bonds is 3. The van der Waals surface area contributed by atoms with Crippen LogP contribution in [0.15, 0.2) is 59.1 Å². The summed E-state index contributed by atoms with van der Waals surface area (Å²) in [6.45, 7) is 0. The van der Waals surface area contributed by atoms with Crippen molar-refractivity contribution in [3.05, 3.63) is 64.6 Å². The molecule has 3 nitrogen and oxygen atoms in total. The van der Waals surface area contributed by atoms with E-state index in [0.717, 1.165) is 10.0 Å². The Hall–Kier alpha value is -2.07. The molecular weight excluding hydrogens is 304 g/mol. The number of hydrogen-bond donors (Lipinski definition) is 2. The number of anilines is 2. The van der Waals surface area contributed by atoms with Crippen LogP contribution in [0.4, 0.5) is 11.4 Å². The van der Waals surface area contributed by atoms with E-state index in [9.17, 15) is 4.79 Å². The van der Waals surface area contributed by atoms with Crippen molar-refractivity contribution in [2.75, 3.05) is 11.1 Å². The molecule has 96 valence electrons. The third-order valence-corrected chi connectivity index (χ3v) is 3.04. The highest BCUT2D eigenvalue weighted by molar-refractivity contribution is 9.10. The highest BCUT2D eigenvalue weighted by Gasteiger charge is 2.00. The predicted molar refractivity (Wildman–Crippen MR) is 82.7 cm³/mol. The van der Waals surface area contributed by atoms with Gasteiger partial charge < -0.3 is 11.1 Å². The number of hydrogen-bond acceptors (Lipinski definition) is 2. The van der Waals surface area contributed by atoms with Gasteiger partial charge in [0.2, 0.25) is 5.91 Å². The molecule has 2 rings (SSSR count). The Bertz CT molecular complexity index is 606. The summed E-state index contributed by atoms with van der Waals surface area (Å²) in [5.74, 6) is -0.208. The second-order valence-electron chi connectivity index (χ2n) is 3.96. The Morgan fingerprint density at radius 3 is 2.47 bits per heavy atom. The standard InChI is InChI=1S/C15H13BrN2O/c16-12-8-5-11(6-9-12)7-10-15(19)18-14-4-2-1-3-13(14)17/h1-10H,17H2,(H,18,19). The van der Waals surface area contributed by atoms with E-state index in [1.165, 1.54) is 6.08 Å². The fourth-order valence-electron chi connectivity index (χ4n) is 1.53. The van der Waals surface area contributed by atoms with E-state index < -0.39 is 0 Å². The van der Waals surface area contributed by atoms with E-state index in [-0.39, 0.29) is 5.91 Å². The van der Waals surface area contributed by atoms with Gasteiger partial charge >= 0.3 is 0 Å². The maximum atomic E-state index is 11.7. The van der Waals surface area contributed by atoms with Gasteiger partial charge in [0, 0.05) is 10.5 Å². The zero-order valence-corrected chi connectivity index (χ0v) is 11.7. The van der Waals surface area contributed by atoms with Gasteiger partial charge in [0.15, 0.2) is 0 Å². The summed E-state index contributed by atoms with van der Waals surface area (Å²) in [5, 5.41) is 2.73. The second-order valence-corrected chi connectivity index (χ2v) is 4.88. The molecule has 0 atom stereocenters.